The molecule has 2 N–H and O–H groups in total. The predicted octanol–water partition coefficient (Wildman–Crippen LogP) is 2.27. The van der Waals surface area contributed by atoms with E-state index in [-0.39, 0.29) is 5.56 Å². The highest BCUT2D eigenvalue weighted by atomic mass is 16.1. The quantitative estimate of drug-likeness (QED) is 0.846. The van der Waals surface area contributed by atoms with Gasteiger partial charge in [0.25, 0.3) is 0 Å². The van der Waals surface area contributed by atoms with E-state index in [9.17, 15) is 4.79 Å². The lowest BCUT2D eigenvalue weighted by Crippen LogP contribution is -2.20. The van der Waals surface area contributed by atoms with Gasteiger partial charge in [-0.15, -0.1) is 0 Å². The number of nitrogens with one attached hydrogen (secondary N) is 2. The molecule has 90 valence electrons. The summed E-state index contributed by atoms with van der Waals surface area (Å²) in [5.74, 6) is 0.614. The fourth-order valence-electron chi connectivity index (χ4n) is 1.92. The van der Waals surface area contributed by atoms with Crippen molar-refractivity contribution in [3.05, 3.63) is 46.2 Å². The summed E-state index contributed by atoms with van der Waals surface area (Å²) >= 11 is 0. The van der Waals surface area contributed by atoms with Gasteiger partial charge < -0.3 is 10.3 Å². The summed E-state index contributed by atoms with van der Waals surface area (Å²) in [5.41, 5.74) is 1.93. The van der Waals surface area contributed by atoms with Crippen molar-refractivity contribution in [1.82, 2.24) is 10.3 Å². The van der Waals surface area contributed by atoms with Gasteiger partial charge in [-0.25, -0.2) is 0 Å². The van der Waals surface area contributed by atoms with Crippen LogP contribution in [0.1, 0.15) is 19.4 Å². The fourth-order valence-corrected chi connectivity index (χ4v) is 1.92. The topological polar surface area (TPSA) is 44.9 Å². The van der Waals surface area contributed by atoms with Crippen LogP contribution in [0.5, 0.6) is 0 Å². The Morgan fingerprint density at radius 1 is 1.29 bits per heavy atom. The molecule has 0 spiro atoms. The second-order valence-corrected chi connectivity index (χ2v) is 4.73. The van der Waals surface area contributed by atoms with E-state index in [0.29, 0.717) is 5.92 Å². The number of H-pyrrole nitrogens is 1. The van der Waals surface area contributed by atoms with Gasteiger partial charge in [0.1, 0.15) is 0 Å². The molecule has 0 radical (unpaired) electrons. The monoisotopic (exact) mass is 230 g/mol. The highest BCUT2D eigenvalue weighted by Crippen LogP contribution is 2.14. The van der Waals surface area contributed by atoms with Crippen LogP contribution in [-0.4, -0.2) is 11.5 Å². The average molecular weight is 230 g/mol. The Morgan fingerprint density at radius 3 is 2.82 bits per heavy atom. The van der Waals surface area contributed by atoms with Gasteiger partial charge in [0.2, 0.25) is 5.56 Å². The summed E-state index contributed by atoms with van der Waals surface area (Å²) in [6.45, 7) is 6.04. The van der Waals surface area contributed by atoms with Crippen LogP contribution in [0.2, 0.25) is 0 Å². The largest absolute Gasteiger partial charge is 0.322 e. The second kappa shape index (κ2) is 5.15. The van der Waals surface area contributed by atoms with E-state index in [1.165, 1.54) is 0 Å². The first-order chi connectivity index (χ1) is 8.16. The molecule has 0 atom stereocenters. The second-order valence-electron chi connectivity index (χ2n) is 4.73. The lowest BCUT2D eigenvalue weighted by Gasteiger charge is -2.09. The van der Waals surface area contributed by atoms with Crippen LogP contribution in [-0.2, 0) is 6.54 Å². The normalized spacial score (nSPS) is 11.2. The van der Waals surface area contributed by atoms with Crippen molar-refractivity contribution in [3.8, 4) is 0 Å². The van der Waals surface area contributed by atoms with Crippen LogP contribution in [0.3, 0.4) is 0 Å². The van der Waals surface area contributed by atoms with Crippen molar-refractivity contribution in [2.24, 2.45) is 5.92 Å². The van der Waals surface area contributed by atoms with E-state index in [1.54, 1.807) is 6.07 Å². The summed E-state index contributed by atoms with van der Waals surface area (Å²) in [6.07, 6.45) is 0. The zero-order valence-electron chi connectivity index (χ0n) is 10.3. The third-order valence-corrected chi connectivity index (χ3v) is 2.70. The number of para-hydroxylation sites is 1. The van der Waals surface area contributed by atoms with Gasteiger partial charge in [0, 0.05) is 23.5 Å². The molecule has 1 aromatic heterocycles. The van der Waals surface area contributed by atoms with E-state index >= 15 is 0 Å². The third kappa shape index (κ3) is 2.94. The van der Waals surface area contributed by atoms with Crippen molar-refractivity contribution >= 4 is 10.9 Å². The summed E-state index contributed by atoms with van der Waals surface area (Å²) in [7, 11) is 0. The zero-order chi connectivity index (χ0) is 12.3. The van der Waals surface area contributed by atoms with E-state index < -0.39 is 0 Å². The minimum atomic E-state index is -0.0370. The van der Waals surface area contributed by atoms with Gasteiger partial charge >= 0.3 is 0 Å². The number of fused-ring (bicyclic) bond motifs is 1. The summed E-state index contributed by atoms with van der Waals surface area (Å²) in [4.78, 5) is 14.4. The van der Waals surface area contributed by atoms with Gasteiger partial charge in [-0.1, -0.05) is 32.0 Å². The van der Waals surface area contributed by atoms with Crippen LogP contribution in [0, 0.1) is 5.92 Å². The lowest BCUT2D eigenvalue weighted by molar-refractivity contribution is 0.553. The number of hydrogen-bond acceptors (Lipinski definition) is 2. The minimum absolute atomic E-state index is 0.0370. The molecule has 0 saturated heterocycles. The van der Waals surface area contributed by atoms with Gasteiger partial charge in [0.05, 0.1) is 0 Å². The molecule has 3 nitrogen and oxygen atoms in total. The average Bonchev–Trinajstić information content (AvgIpc) is 2.28. The molecule has 3 heteroatoms. The maximum absolute atomic E-state index is 11.5. The van der Waals surface area contributed by atoms with Crippen LogP contribution < -0.4 is 10.9 Å². The van der Waals surface area contributed by atoms with Crippen LogP contribution in [0.4, 0.5) is 0 Å². The first-order valence-electron chi connectivity index (χ1n) is 5.98. The fraction of sp³-hybridized carbons (Fsp3) is 0.357. The Hall–Kier alpha value is -1.61. The smallest absolute Gasteiger partial charge is 0.248 e. The van der Waals surface area contributed by atoms with E-state index in [2.05, 4.69) is 24.1 Å². The van der Waals surface area contributed by atoms with Crippen LogP contribution >= 0.6 is 0 Å². The van der Waals surface area contributed by atoms with Crippen LogP contribution in [0.15, 0.2) is 35.1 Å². The Morgan fingerprint density at radius 2 is 2.06 bits per heavy atom. The van der Waals surface area contributed by atoms with Gasteiger partial charge in [-0.3, -0.25) is 4.79 Å². The maximum Gasteiger partial charge on any atom is 0.248 e. The van der Waals surface area contributed by atoms with E-state index in [1.807, 2.05) is 24.3 Å². The number of aromatic nitrogens is 1. The SMILES string of the molecule is CC(C)CNCc1cc(=O)[nH]c2ccccc12. The minimum Gasteiger partial charge on any atom is -0.322 e. The molecule has 0 aliphatic heterocycles. The molecular weight excluding hydrogens is 212 g/mol. The van der Waals surface area contributed by atoms with Crippen LogP contribution in [0.25, 0.3) is 10.9 Å². The number of aromatic amines is 1. The molecule has 0 bridgehead atoms. The number of pyridine rings is 1. The zero-order valence-corrected chi connectivity index (χ0v) is 10.3. The van der Waals surface area contributed by atoms with E-state index in [0.717, 1.165) is 29.6 Å². The molecule has 2 aromatic rings. The summed E-state index contributed by atoms with van der Waals surface area (Å²) in [6, 6.07) is 9.58. The summed E-state index contributed by atoms with van der Waals surface area (Å²) in [5, 5.41) is 4.48. The van der Waals surface area contributed by atoms with Crippen molar-refractivity contribution in [2.45, 2.75) is 20.4 Å². The Kier molecular flexibility index (Phi) is 3.59. The molecule has 0 amide bonds. The molecule has 17 heavy (non-hydrogen) atoms. The molecule has 0 saturated carbocycles. The third-order valence-electron chi connectivity index (χ3n) is 2.70. The van der Waals surface area contributed by atoms with Gasteiger partial charge in [-0.2, -0.15) is 0 Å². The predicted molar refractivity (Wildman–Crippen MR) is 71.1 cm³/mol. The molecule has 0 unspecified atom stereocenters. The molecular formula is C14H18N2O. The lowest BCUT2D eigenvalue weighted by atomic mass is 10.1. The van der Waals surface area contributed by atoms with Crippen molar-refractivity contribution < 1.29 is 0 Å². The van der Waals surface area contributed by atoms with Gasteiger partial charge in [-0.05, 0) is 24.1 Å². The maximum atomic E-state index is 11.5. The highest BCUT2D eigenvalue weighted by molar-refractivity contribution is 5.81. The molecule has 2 rings (SSSR count). The molecule has 1 aromatic carbocycles. The Labute approximate surface area is 101 Å². The number of rotatable bonds is 4. The number of hydrogen-bond donors (Lipinski definition) is 2. The summed E-state index contributed by atoms with van der Waals surface area (Å²) < 4.78 is 0. The van der Waals surface area contributed by atoms with Gasteiger partial charge in [0.15, 0.2) is 0 Å². The highest BCUT2D eigenvalue weighted by Gasteiger charge is 2.02. The molecule has 1 heterocycles. The Bertz CT molecular complexity index is 557. The van der Waals surface area contributed by atoms with Crippen molar-refractivity contribution in [3.63, 3.8) is 0 Å². The molecule has 0 aliphatic carbocycles. The molecule has 0 aliphatic rings. The molecule has 0 fully saturated rings. The van der Waals surface area contributed by atoms with E-state index in [4.69, 9.17) is 0 Å². The van der Waals surface area contributed by atoms with Crippen molar-refractivity contribution in [2.75, 3.05) is 6.54 Å². The number of benzene rings is 1. The first-order valence-corrected chi connectivity index (χ1v) is 5.98. The Balaban J connectivity index is 2.29. The standard InChI is InChI=1S/C14H18N2O/c1-10(2)8-15-9-11-7-14(17)16-13-6-4-3-5-12(11)13/h3-7,10,15H,8-9H2,1-2H3,(H,16,17). The first kappa shape index (κ1) is 11.9. The van der Waals surface area contributed by atoms with Crippen molar-refractivity contribution in [1.29, 1.82) is 0 Å².